The van der Waals surface area contributed by atoms with Gasteiger partial charge in [0.25, 0.3) is 11.6 Å². The maximum atomic E-state index is 12.5. The number of anilines is 1. The molecular formula is C19H16N2O3S2. The number of nitrogens with zero attached hydrogens (tertiary/aromatic N) is 1. The highest BCUT2D eigenvalue weighted by Gasteiger charge is 2.15. The highest BCUT2D eigenvalue weighted by molar-refractivity contribution is 7.98. The number of hydrogen-bond donors (Lipinski definition) is 1. The lowest BCUT2D eigenvalue weighted by molar-refractivity contribution is -0.385. The Hall–Kier alpha value is -2.64. The molecule has 0 saturated heterocycles. The van der Waals surface area contributed by atoms with Crippen LogP contribution in [-0.4, -0.2) is 10.8 Å². The van der Waals surface area contributed by atoms with Gasteiger partial charge in [-0.3, -0.25) is 14.9 Å². The van der Waals surface area contributed by atoms with Crippen molar-refractivity contribution in [3.63, 3.8) is 0 Å². The standard InChI is InChI=1S/C19H16N2O3S2/c1-13-10-15(6-7-17(13)21(23)24)19(22)20-16-4-2-3-5-18(16)26-12-14-8-9-25-11-14/h2-11H,12H2,1H3,(H,20,22). The molecule has 0 saturated carbocycles. The Balaban J connectivity index is 1.75. The number of aryl methyl sites for hydroxylation is 1. The number of carbonyl (C=O) groups excluding carboxylic acids is 1. The molecule has 3 aromatic rings. The van der Waals surface area contributed by atoms with E-state index in [2.05, 4.69) is 16.8 Å². The zero-order chi connectivity index (χ0) is 18.5. The predicted octanol–water partition coefficient (Wildman–Crippen LogP) is 5.51. The van der Waals surface area contributed by atoms with Crippen LogP contribution in [0, 0.1) is 17.0 Å². The molecule has 1 N–H and O–H groups in total. The molecule has 0 unspecified atom stereocenters. The van der Waals surface area contributed by atoms with E-state index in [1.54, 1.807) is 30.0 Å². The molecule has 1 aromatic heterocycles. The number of nitro benzene ring substituents is 1. The Morgan fingerprint density at radius 1 is 1.23 bits per heavy atom. The predicted molar refractivity (Wildman–Crippen MR) is 106 cm³/mol. The molecule has 0 spiro atoms. The number of amides is 1. The number of thioether (sulfide) groups is 1. The fourth-order valence-corrected chi connectivity index (χ4v) is 4.15. The maximum Gasteiger partial charge on any atom is 0.272 e. The van der Waals surface area contributed by atoms with Crippen molar-refractivity contribution < 1.29 is 9.72 Å². The Labute approximate surface area is 159 Å². The van der Waals surface area contributed by atoms with E-state index in [0.717, 1.165) is 16.3 Å². The summed E-state index contributed by atoms with van der Waals surface area (Å²) in [6.07, 6.45) is 0. The molecule has 1 heterocycles. The van der Waals surface area contributed by atoms with Gasteiger partial charge < -0.3 is 5.32 Å². The van der Waals surface area contributed by atoms with Crippen molar-refractivity contribution >= 4 is 40.4 Å². The molecule has 0 fully saturated rings. The number of para-hydroxylation sites is 1. The van der Waals surface area contributed by atoms with Gasteiger partial charge in [-0.2, -0.15) is 11.3 Å². The molecule has 0 aliphatic carbocycles. The lowest BCUT2D eigenvalue weighted by Crippen LogP contribution is -2.13. The van der Waals surface area contributed by atoms with E-state index in [1.165, 1.54) is 23.8 Å². The average Bonchev–Trinajstić information content (AvgIpc) is 3.14. The molecule has 0 radical (unpaired) electrons. The van der Waals surface area contributed by atoms with Crippen LogP contribution < -0.4 is 5.32 Å². The van der Waals surface area contributed by atoms with Gasteiger partial charge in [-0.1, -0.05) is 12.1 Å². The second kappa shape index (κ2) is 8.16. The third-order valence-corrected chi connectivity index (χ3v) is 5.64. The summed E-state index contributed by atoms with van der Waals surface area (Å²) in [5.74, 6) is 0.541. The van der Waals surface area contributed by atoms with Gasteiger partial charge in [0, 0.05) is 27.8 Å². The van der Waals surface area contributed by atoms with E-state index in [1.807, 2.05) is 29.6 Å². The molecule has 0 atom stereocenters. The van der Waals surface area contributed by atoms with E-state index < -0.39 is 4.92 Å². The van der Waals surface area contributed by atoms with Crippen LogP contribution >= 0.6 is 23.1 Å². The Bertz CT molecular complexity index is 940. The molecule has 3 rings (SSSR count). The monoisotopic (exact) mass is 384 g/mol. The number of benzene rings is 2. The van der Waals surface area contributed by atoms with Crippen molar-refractivity contribution in [3.05, 3.63) is 86.1 Å². The van der Waals surface area contributed by atoms with Crippen molar-refractivity contribution in [2.24, 2.45) is 0 Å². The van der Waals surface area contributed by atoms with Crippen molar-refractivity contribution in [2.75, 3.05) is 5.32 Å². The first-order chi connectivity index (χ1) is 12.5. The molecule has 132 valence electrons. The summed E-state index contributed by atoms with van der Waals surface area (Å²) in [6, 6.07) is 14.1. The van der Waals surface area contributed by atoms with Crippen LogP contribution in [0.15, 0.2) is 64.2 Å². The van der Waals surface area contributed by atoms with Crippen LogP contribution in [0.4, 0.5) is 11.4 Å². The van der Waals surface area contributed by atoms with Crippen molar-refractivity contribution in [3.8, 4) is 0 Å². The number of carbonyl (C=O) groups is 1. The summed E-state index contributed by atoms with van der Waals surface area (Å²) >= 11 is 3.31. The minimum absolute atomic E-state index is 0.00766. The fraction of sp³-hybridized carbons (Fsp3) is 0.105. The Morgan fingerprint density at radius 2 is 2.04 bits per heavy atom. The molecule has 2 aromatic carbocycles. The minimum atomic E-state index is -0.451. The van der Waals surface area contributed by atoms with E-state index in [0.29, 0.717) is 11.1 Å². The van der Waals surface area contributed by atoms with Crippen LogP contribution in [0.2, 0.25) is 0 Å². The molecule has 7 heteroatoms. The lowest BCUT2D eigenvalue weighted by atomic mass is 10.1. The number of nitro groups is 1. The molecule has 26 heavy (non-hydrogen) atoms. The third-order valence-electron chi connectivity index (χ3n) is 3.77. The van der Waals surface area contributed by atoms with Crippen LogP contribution in [0.3, 0.4) is 0 Å². The summed E-state index contributed by atoms with van der Waals surface area (Å²) in [5, 5.41) is 18.0. The summed E-state index contributed by atoms with van der Waals surface area (Å²) in [4.78, 5) is 24.0. The minimum Gasteiger partial charge on any atom is -0.321 e. The highest BCUT2D eigenvalue weighted by Crippen LogP contribution is 2.31. The summed E-state index contributed by atoms with van der Waals surface area (Å²) < 4.78 is 0. The first-order valence-corrected chi connectivity index (χ1v) is 9.77. The summed E-state index contributed by atoms with van der Waals surface area (Å²) in [7, 11) is 0. The molecule has 0 aliphatic rings. The first kappa shape index (κ1) is 18.2. The van der Waals surface area contributed by atoms with Gasteiger partial charge in [0.1, 0.15) is 0 Å². The number of thiophene rings is 1. The van der Waals surface area contributed by atoms with E-state index in [4.69, 9.17) is 0 Å². The lowest BCUT2D eigenvalue weighted by Gasteiger charge is -2.11. The van der Waals surface area contributed by atoms with Crippen LogP contribution in [0.25, 0.3) is 0 Å². The van der Waals surface area contributed by atoms with Crippen molar-refractivity contribution in [1.82, 2.24) is 0 Å². The zero-order valence-electron chi connectivity index (χ0n) is 14.0. The van der Waals surface area contributed by atoms with Gasteiger partial charge in [0.15, 0.2) is 0 Å². The molecule has 0 bridgehead atoms. The smallest absolute Gasteiger partial charge is 0.272 e. The van der Waals surface area contributed by atoms with Gasteiger partial charge in [0.05, 0.1) is 10.6 Å². The van der Waals surface area contributed by atoms with Gasteiger partial charge >= 0.3 is 0 Å². The molecule has 5 nitrogen and oxygen atoms in total. The first-order valence-electron chi connectivity index (χ1n) is 7.84. The summed E-state index contributed by atoms with van der Waals surface area (Å²) in [6.45, 7) is 1.62. The van der Waals surface area contributed by atoms with Crippen molar-refractivity contribution in [1.29, 1.82) is 0 Å². The maximum absolute atomic E-state index is 12.5. The zero-order valence-corrected chi connectivity index (χ0v) is 15.6. The molecular weight excluding hydrogens is 368 g/mol. The normalized spacial score (nSPS) is 10.5. The van der Waals surface area contributed by atoms with Crippen molar-refractivity contribution in [2.45, 2.75) is 17.6 Å². The largest absolute Gasteiger partial charge is 0.321 e. The second-order valence-corrected chi connectivity index (χ2v) is 7.43. The second-order valence-electron chi connectivity index (χ2n) is 5.63. The molecule has 1 amide bonds. The third kappa shape index (κ3) is 4.30. The number of nitrogens with one attached hydrogen (secondary N) is 1. The van der Waals surface area contributed by atoms with Gasteiger partial charge in [0.2, 0.25) is 0 Å². The molecule has 0 aliphatic heterocycles. The van der Waals surface area contributed by atoms with Crippen LogP contribution in [0.1, 0.15) is 21.5 Å². The van der Waals surface area contributed by atoms with Gasteiger partial charge in [-0.15, -0.1) is 11.8 Å². The average molecular weight is 384 g/mol. The number of hydrogen-bond acceptors (Lipinski definition) is 5. The quantitative estimate of drug-likeness (QED) is 0.345. The van der Waals surface area contributed by atoms with E-state index in [-0.39, 0.29) is 11.6 Å². The Kier molecular flexibility index (Phi) is 5.70. The van der Waals surface area contributed by atoms with E-state index >= 15 is 0 Å². The Morgan fingerprint density at radius 3 is 2.73 bits per heavy atom. The topological polar surface area (TPSA) is 72.2 Å². The van der Waals surface area contributed by atoms with Crippen LogP contribution in [-0.2, 0) is 5.75 Å². The SMILES string of the molecule is Cc1cc(C(=O)Nc2ccccc2SCc2ccsc2)ccc1[N+](=O)[O-]. The highest BCUT2D eigenvalue weighted by atomic mass is 32.2. The number of rotatable bonds is 6. The fourth-order valence-electron chi connectivity index (χ4n) is 2.43. The van der Waals surface area contributed by atoms with Gasteiger partial charge in [-0.05, 0) is 53.6 Å². The summed E-state index contributed by atoms with van der Waals surface area (Å²) in [5.41, 5.74) is 2.84. The van der Waals surface area contributed by atoms with Crippen LogP contribution in [0.5, 0.6) is 0 Å². The van der Waals surface area contributed by atoms with Gasteiger partial charge in [-0.25, -0.2) is 0 Å². The van der Waals surface area contributed by atoms with E-state index in [9.17, 15) is 14.9 Å².